The second kappa shape index (κ2) is 10.1. The van der Waals surface area contributed by atoms with Gasteiger partial charge in [0.2, 0.25) is 11.1 Å². The summed E-state index contributed by atoms with van der Waals surface area (Å²) in [6.45, 7) is 4.17. The number of benzene rings is 2. The average molecular weight is 395 g/mol. The van der Waals surface area contributed by atoms with Crippen molar-refractivity contribution < 1.29 is 4.79 Å². The first-order chi connectivity index (χ1) is 13.6. The summed E-state index contributed by atoms with van der Waals surface area (Å²) in [6, 6.07) is 18.7. The summed E-state index contributed by atoms with van der Waals surface area (Å²) in [7, 11) is 0. The van der Waals surface area contributed by atoms with Gasteiger partial charge in [0.15, 0.2) is 5.82 Å². The predicted octanol–water partition coefficient (Wildman–Crippen LogP) is 4.26. The number of carbonyl (C=O) groups is 1. The molecule has 1 aromatic heterocycles. The zero-order valence-electron chi connectivity index (χ0n) is 16.3. The maximum atomic E-state index is 12.2. The van der Waals surface area contributed by atoms with Crippen molar-refractivity contribution in [2.45, 2.75) is 44.3 Å². The van der Waals surface area contributed by atoms with E-state index in [2.05, 4.69) is 51.7 Å². The van der Waals surface area contributed by atoms with Crippen LogP contribution in [0.5, 0.6) is 0 Å². The van der Waals surface area contributed by atoms with Gasteiger partial charge in [-0.2, -0.15) is 0 Å². The van der Waals surface area contributed by atoms with E-state index >= 15 is 0 Å². The lowest BCUT2D eigenvalue weighted by atomic mass is 10.1. The van der Waals surface area contributed by atoms with E-state index in [0.29, 0.717) is 10.9 Å². The lowest BCUT2D eigenvalue weighted by Gasteiger charge is -2.13. The van der Waals surface area contributed by atoms with Crippen LogP contribution in [-0.4, -0.2) is 32.9 Å². The molecule has 3 rings (SSSR count). The first kappa shape index (κ1) is 20.1. The van der Waals surface area contributed by atoms with E-state index in [4.69, 9.17) is 0 Å². The molecular weight excluding hydrogens is 368 g/mol. The van der Waals surface area contributed by atoms with E-state index in [1.54, 1.807) is 0 Å². The molecule has 28 heavy (non-hydrogen) atoms. The monoisotopic (exact) mass is 394 g/mol. The third-order valence-electron chi connectivity index (χ3n) is 4.55. The van der Waals surface area contributed by atoms with E-state index < -0.39 is 0 Å². The fourth-order valence-electron chi connectivity index (χ4n) is 2.88. The molecule has 146 valence electrons. The number of rotatable bonds is 9. The van der Waals surface area contributed by atoms with Crippen molar-refractivity contribution in [2.24, 2.45) is 0 Å². The Morgan fingerprint density at radius 1 is 1.11 bits per heavy atom. The molecule has 0 radical (unpaired) electrons. The summed E-state index contributed by atoms with van der Waals surface area (Å²) < 4.78 is 0. The maximum absolute atomic E-state index is 12.2. The van der Waals surface area contributed by atoms with Crippen LogP contribution in [0, 0.1) is 0 Å². The maximum Gasteiger partial charge on any atom is 0.230 e. The molecule has 2 aromatic carbocycles. The molecule has 5 nitrogen and oxygen atoms in total. The Kier molecular flexibility index (Phi) is 7.25. The number of H-pyrrole nitrogens is 1. The van der Waals surface area contributed by atoms with Gasteiger partial charge in [0.1, 0.15) is 0 Å². The molecule has 6 heteroatoms. The molecule has 0 saturated carbocycles. The Labute approximate surface area is 170 Å². The van der Waals surface area contributed by atoms with Crippen LogP contribution in [0.15, 0.2) is 59.8 Å². The van der Waals surface area contributed by atoms with E-state index in [-0.39, 0.29) is 11.9 Å². The van der Waals surface area contributed by atoms with E-state index in [1.165, 1.54) is 22.9 Å². The Hall–Kier alpha value is -2.60. The van der Waals surface area contributed by atoms with Gasteiger partial charge >= 0.3 is 0 Å². The molecule has 0 saturated heterocycles. The highest BCUT2D eigenvalue weighted by Gasteiger charge is 2.11. The van der Waals surface area contributed by atoms with Crippen molar-refractivity contribution in [3.05, 3.63) is 65.7 Å². The molecule has 0 unspecified atom stereocenters. The van der Waals surface area contributed by atoms with E-state index in [9.17, 15) is 4.79 Å². The van der Waals surface area contributed by atoms with Gasteiger partial charge in [-0.15, -0.1) is 5.10 Å². The molecule has 2 N–H and O–H groups in total. The third-order valence-corrected chi connectivity index (χ3v) is 5.40. The zero-order valence-corrected chi connectivity index (χ0v) is 17.1. The minimum absolute atomic E-state index is 0.00390. The Bertz CT molecular complexity index is 877. The van der Waals surface area contributed by atoms with Crippen molar-refractivity contribution in [1.82, 2.24) is 20.5 Å². The molecule has 0 aliphatic rings. The number of aromatic amines is 1. The number of aryl methyl sites for hydroxylation is 2. The molecule has 1 atom stereocenters. The molecular formula is C22H26N4OS. The van der Waals surface area contributed by atoms with Crippen LogP contribution in [0.25, 0.3) is 11.4 Å². The number of carbonyl (C=O) groups excluding carboxylic acids is 1. The number of aromatic nitrogens is 3. The van der Waals surface area contributed by atoms with E-state index in [0.717, 1.165) is 30.7 Å². The van der Waals surface area contributed by atoms with Crippen molar-refractivity contribution in [3.63, 3.8) is 0 Å². The minimum Gasteiger partial charge on any atom is -0.353 e. The SMILES string of the molecule is CCc1ccc(-c2nc(SCC(=O)N[C@@H](C)CCc3ccccc3)n[nH]2)cc1. The Morgan fingerprint density at radius 3 is 2.57 bits per heavy atom. The van der Waals surface area contributed by atoms with Crippen molar-refractivity contribution in [3.8, 4) is 11.4 Å². The van der Waals surface area contributed by atoms with Crippen LogP contribution in [0.2, 0.25) is 0 Å². The average Bonchev–Trinajstić information content (AvgIpc) is 3.21. The highest BCUT2D eigenvalue weighted by Crippen LogP contribution is 2.19. The smallest absolute Gasteiger partial charge is 0.230 e. The predicted molar refractivity (Wildman–Crippen MR) is 114 cm³/mol. The molecule has 0 spiro atoms. The highest BCUT2D eigenvalue weighted by atomic mass is 32.2. The normalized spacial score (nSPS) is 11.9. The molecule has 1 heterocycles. The molecule has 0 fully saturated rings. The summed E-state index contributed by atoms with van der Waals surface area (Å²) in [5.74, 6) is 1.04. The van der Waals surface area contributed by atoms with Crippen molar-refractivity contribution in [2.75, 3.05) is 5.75 Å². The lowest BCUT2D eigenvalue weighted by molar-refractivity contribution is -0.119. The number of hydrogen-bond acceptors (Lipinski definition) is 4. The standard InChI is InChI=1S/C22H26N4OS/c1-3-17-11-13-19(14-12-17)21-24-22(26-25-21)28-15-20(27)23-16(2)9-10-18-7-5-4-6-8-18/h4-8,11-14,16H,3,9-10,15H2,1-2H3,(H,23,27)(H,24,25,26)/t16-/m0/s1. The fraction of sp³-hybridized carbons (Fsp3) is 0.318. The van der Waals surface area contributed by atoms with Crippen LogP contribution >= 0.6 is 11.8 Å². The van der Waals surface area contributed by atoms with Gasteiger partial charge in [0.25, 0.3) is 0 Å². The second-order valence-electron chi connectivity index (χ2n) is 6.80. The van der Waals surface area contributed by atoms with Crippen LogP contribution < -0.4 is 5.32 Å². The van der Waals surface area contributed by atoms with Crippen LogP contribution in [0.1, 0.15) is 31.4 Å². The molecule has 1 amide bonds. The minimum atomic E-state index is 0.00390. The molecule has 0 aliphatic carbocycles. The van der Waals surface area contributed by atoms with Gasteiger partial charge in [-0.05, 0) is 37.3 Å². The van der Waals surface area contributed by atoms with Gasteiger partial charge in [0, 0.05) is 11.6 Å². The first-order valence-corrected chi connectivity index (χ1v) is 10.6. The van der Waals surface area contributed by atoms with Crippen LogP contribution in [0.4, 0.5) is 0 Å². The van der Waals surface area contributed by atoms with Crippen molar-refractivity contribution >= 4 is 17.7 Å². The largest absolute Gasteiger partial charge is 0.353 e. The van der Waals surface area contributed by atoms with Crippen molar-refractivity contribution in [1.29, 1.82) is 0 Å². The third kappa shape index (κ3) is 5.96. The lowest BCUT2D eigenvalue weighted by Crippen LogP contribution is -2.34. The number of nitrogens with one attached hydrogen (secondary N) is 2. The van der Waals surface area contributed by atoms with E-state index in [1.807, 2.05) is 37.3 Å². The molecule has 3 aromatic rings. The van der Waals surface area contributed by atoms with Gasteiger partial charge in [-0.1, -0.05) is 73.3 Å². The summed E-state index contributed by atoms with van der Waals surface area (Å²) >= 11 is 1.34. The quantitative estimate of drug-likeness (QED) is 0.532. The number of hydrogen-bond donors (Lipinski definition) is 2. The van der Waals surface area contributed by atoms with Crippen LogP contribution in [0.3, 0.4) is 0 Å². The van der Waals surface area contributed by atoms with Gasteiger partial charge in [-0.3, -0.25) is 9.89 Å². The molecule has 0 bridgehead atoms. The number of thioether (sulfide) groups is 1. The Morgan fingerprint density at radius 2 is 1.86 bits per heavy atom. The van der Waals surface area contributed by atoms with Gasteiger partial charge in [0.05, 0.1) is 5.75 Å². The summed E-state index contributed by atoms with van der Waals surface area (Å²) in [5, 5.41) is 10.8. The highest BCUT2D eigenvalue weighted by molar-refractivity contribution is 7.99. The second-order valence-corrected chi connectivity index (χ2v) is 7.74. The van der Waals surface area contributed by atoms with Gasteiger partial charge in [-0.25, -0.2) is 4.98 Å². The fourth-order valence-corrected chi connectivity index (χ4v) is 3.49. The summed E-state index contributed by atoms with van der Waals surface area (Å²) in [4.78, 5) is 16.7. The summed E-state index contributed by atoms with van der Waals surface area (Å²) in [6.07, 6.45) is 2.88. The first-order valence-electron chi connectivity index (χ1n) is 9.62. The summed E-state index contributed by atoms with van der Waals surface area (Å²) in [5.41, 5.74) is 3.57. The zero-order chi connectivity index (χ0) is 19.8. The van der Waals surface area contributed by atoms with Crippen LogP contribution in [-0.2, 0) is 17.6 Å². The number of nitrogens with zero attached hydrogens (tertiary/aromatic N) is 2. The molecule has 0 aliphatic heterocycles. The Balaban J connectivity index is 1.43. The number of amides is 1. The topological polar surface area (TPSA) is 70.7 Å². The van der Waals surface area contributed by atoms with Gasteiger partial charge < -0.3 is 5.32 Å².